The average molecular weight is 205 g/mol. The summed E-state index contributed by atoms with van der Waals surface area (Å²) in [5.74, 6) is 0.271. The van der Waals surface area contributed by atoms with Crippen LogP contribution in [-0.2, 0) is 9.84 Å². The first-order chi connectivity index (χ1) is 5.72. The molecule has 1 saturated carbocycles. The predicted octanol–water partition coefficient (Wildman–Crippen LogP) is 0.796. The molecule has 13 heavy (non-hydrogen) atoms. The van der Waals surface area contributed by atoms with Crippen molar-refractivity contribution in [2.24, 2.45) is 16.6 Å². The molecule has 78 valence electrons. The van der Waals surface area contributed by atoms with Crippen LogP contribution < -0.4 is 5.73 Å². The summed E-state index contributed by atoms with van der Waals surface area (Å²) in [6.07, 6.45) is 3.06. The second-order valence-corrected chi connectivity index (χ2v) is 7.18. The quantitative estimate of drug-likeness (QED) is 0.738. The van der Waals surface area contributed by atoms with Gasteiger partial charge in [0, 0.05) is 6.26 Å². The molecule has 1 aliphatic rings. The maximum absolute atomic E-state index is 11.0. The molecule has 1 rings (SSSR count). The third kappa shape index (κ3) is 2.23. The van der Waals surface area contributed by atoms with Crippen LogP contribution in [0.5, 0.6) is 0 Å². The molecule has 2 N–H and O–H groups in total. The maximum atomic E-state index is 11.0. The predicted molar refractivity (Wildman–Crippen MR) is 54.2 cm³/mol. The van der Waals surface area contributed by atoms with E-state index in [-0.39, 0.29) is 16.6 Å². The van der Waals surface area contributed by atoms with E-state index in [1.165, 1.54) is 6.26 Å². The minimum Gasteiger partial charge on any atom is -0.330 e. The third-order valence-electron chi connectivity index (χ3n) is 3.43. The van der Waals surface area contributed by atoms with Gasteiger partial charge >= 0.3 is 0 Å². The van der Waals surface area contributed by atoms with E-state index >= 15 is 0 Å². The van der Waals surface area contributed by atoms with Crippen LogP contribution in [0.1, 0.15) is 26.7 Å². The van der Waals surface area contributed by atoms with Gasteiger partial charge in [-0.05, 0) is 30.2 Å². The van der Waals surface area contributed by atoms with Crippen molar-refractivity contribution in [3.05, 3.63) is 0 Å². The average Bonchev–Trinajstić information content (AvgIpc) is 2.49. The lowest BCUT2D eigenvalue weighted by molar-refractivity contribution is 0.380. The molecule has 0 aromatic rings. The summed E-state index contributed by atoms with van der Waals surface area (Å²) in [4.78, 5) is 0. The summed E-state index contributed by atoms with van der Waals surface area (Å²) in [6.45, 7) is 4.92. The zero-order valence-electron chi connectivity index (χ0n) is 8.63. The fourth-order valence-corrected chi connectivity index (χ4v) is 2.82. The molecule has 1 fully saturated rings. The zero-order valence-corrected chi connectivity index (χ0v) is 9.45. The first-order valence-corrected chi connectivity index (χ1v) is 6.66. The molecule has 3 nitrogen and oxygen atoms in total. The maximum Gasteiger partial charge on any atom is 0.147 e. The van der Waals surface area contributed by atoms with Gasteiger partial charge in [-0.25, -0.2) is 8.42 Å². The van der Waals surface area contributed by atoms with E-state index in [1.54, 1.807) is 0 Å². The van der Waals surface area contributed by atoms with Crippen molar-refractivity contribution in [1.82, 2.24) is 0 Å². The summed E-state index contributed by atoms with van der Waals surface area (Å²) in [7, 11) is -2.83. The van der Waals surface area contributed by atoms with Crippen LogP contribution in [0.3, 0.4) is 0 Å². The molecule has 1 unspecified atom stereocenters. The number of hydrogen-bond acceptors (Lipinski definition) is 3. The molecule has 1 atom stereocenters. The van der Waals surface area contributed by atoms with E-state index in [2.05, 4.69) is 13.8 Å². The van der Waals surface area contributed by atoms with Gasteiger partial charge in [0.25, 0.3) is 0 Å². The minimum absolute atomic E-state index is 0.0933. The largest absolute Gasteiger partial charge is 0.330 e. The van der Waals surface area contributed by atoms with Gasteiger partial charge in [-0.1, -0.05) is 13.8 Å². The summed E-state index contributed by atoms with van der Waals surface area (Å²) < 4.78 is 22.0. The Morgan fingerprint density at radius 1 is 1.38 bits per heavy atom. The van der Waals surface area contributed by atoms with E-state index in [1.807, 2.05) is 0 Å². The Balaban J connectivity index is 2.55. The van der Waals surface area contributed by atoms with E-state index in [9.17, 15) is 8.42 Å². The smallest absolute Gasteiger partial charge is 0.147 e. The summed E-state index contributed by atoms with van der Waals surface area (Å²) >= 11 is 0. The molecule has 4 heteroatoms. The number of nitrogens with two attached hydrogens (primary N) is 1. The molecule has 0 aliphatic heterocycles. The van der Waals surface area contributed by atoms with Gasteiger partial charge < -0.3 is 5.73 Å². The number of sulfone groups is 1. The Labute approximate surface area is 80.6 Å². The fraction of sp³-hybridized carbons (Fsp3) is 1.00. The Hall–Kier alpha value is -0.0900. The molecular weight excluding hydrogens is 186 g/mol. The van der Waals surface area contributed by atoms with Gasteiger partial charge in [-0.2, -0.15) is 0 Å². The van der Waals surface area contributed by atoms with Crippen LogP contribution in [0.15, 0.2) is 0 Å². The summed E-state index contributed by atoms with van der Waals surface area (Å²) in [5.41, 5.74) is 6.01. The monoisotopic (exact) mass is 205 g/mol. The van der Waals surface area contributed by atoms with Crippen molar-refractivity contribution < 1.29 is 8.42 Å². The van der Waals surface area contributed by atoms with Gasteiger partial charge in [0.05, 0.1) is 5.75 Å². The van der Waals surface area contributed by atoms with Gasteiger partial charge in [-0.3, -0.25) is 0 Å². The van der Waals surface area contributed by atoms with Crippen molar-refractivity contribution >= 4 is 9.84 Å². The second-order valence-electron chi connectivity index (χ2n) is 4.92. The highest BCUT2D eigenvalue weighted by Gasteiger charge is 2.59. The molecule has 0 heterocycles. The molecule has 0 aromatic carbocycles. The highest BCUT2D eigenvalue weighted by atomic mass is 32.2. The molecule has 0 saturated heterocycles. The second kappa shape index (κ2) is 2.95. The van der Waals surface area contributed by atoms with Crippen LogP contribution in [0, 0.1) is 10.8 Å². The Kier molecular flexibility index (Phi) is 2.50. The highest BCUT2D eigenvalue weighted by Crippen LogP contribution is 2.64. The normalized spacial score (nSPS) is 31.7. The Morgan fingerprint density at radius 2 is 1.85 bits per heavy atom. The van der Waals surface area contributed by atoms with Crippen molar-refractivity contribution in [1.29, 1.82) is 0 Å². The Morgan fingerprint density at radius 3 is 2.08 bits per heavy atom. The molecule has 0 radical (unpaired) electrons. The summed E-state index contributed by atoms with van der Waals surface area (Å²) in [5, 5.41) is 0. The SMILES string of the molecule is CC1(C)CC1(CN)CCS(C)(=O)=O. The van der Waals surface area contributed by atoms with Crippen molar-refractivity contribution in [2.45, 2.75) is 26.7 Å². The third-order valence-corrected chi connectivity index (χ3v) is 4.38. The van der Waals surface area contributed by atoms with Crippen molar-refractivity contribution in [3.8, 4) is 0 Å². The lowest BCUT2D eigenvalue weighted by Gasteiger charge is -2.17. The zero-order chi connectivity index (χ0) is 10.3. The van der Waals surface area contributed by atoms with E-state index in [4.69, 9.17) is 5.73 Å². The molecule has 1 aliphatic carbocycles. The minimum atomic E-state index is -2.83. The van der Waals surface area contributed by atoms with Crippen LogP contribution in [-0.4, -0.2) is 27.0 Å². The van der Waals surface area contributed by atoms with Crippen molar-refractivity contribution in [3.63, 3.8) is 0 Å². The standard InChI is InChI=1S/C9H19NO2S/c1-8(2)6-9(8,7-10)4-5-13(3,11)12/h4-7,10H2,1-3H3. The molecule has 0 amide bonds. The molecule has 0 spiro atoms. The number of hydrogen-bond donors (Lipinski definition) is 1. The van der Waals surface area contributed by atoms with Gasteiger partial charge in [0.2, 0.25) is 0 Å². The highest BCUT2D eigenvalue weighted by molar-refractivity contribution is 7.90. The van der Waals surface area contributed by atoms with E-state index in [0.29, 0.717) is 6.54 Å². The van der Waals surface area contributed by atoms with Gasteiger partial charge in [-0.15, -0.1) is 0 Å². The Bertz CT molecular complexity index is 295. The first-order valence-electron chi connectivity index (χ1n) is 4.60. The molecule has 0 aromatic heterocycles. The summed E-state index contributed by atoms with van der Waals surface area (Å²) in [6, 6.07) is 0. The van der Waals surface area contributed by atoms with Gasteiger partial charge in [0.15, 0.2) is 0 Å². The van der Waals surface area contributed by atoms with Crippen LogP contribution in [0.2, 0.25) is 0 Å². The molecular formula is C9H19NO2S. The number of rotatable bonds is 4. The van der Waals surface area contributed by atoms with Crippen molar-refractivity contribution in [2.75, 3.05) is 18.6 Å². The van der Waals surface area contributed by atoms with Crippen LogP contribution >= 0.6 is 0 Å². The van der Waals surface area contributed by atoms with E-state index in [0.717, 1.165) is 12.8 Å². The topological polar surface area (TPSA) is 60.2 Å². The van der Waals surface area contributed by atoms with E-state index < -0.39 is 9.84 Å². The lowest BCUT2D eigenvalue weighted by atomic mass is 9.93. The first kappa shape index (κ1) is 11.0. The lowest BCUT2D eigenvalue weighted by Crippen LogP contribution is -2.23. The fourth-order valence-electron chi connectivity index (χ4n) is 2.06. The van der Waals surface area contributed by atoms with Crippen LogP contribution in [0.25, 0.3) is 0 Å². The molecule has 0 bridgehead atoms. The van der Waals surface area contributed by atoms with Crippen LogP contribution in [0.4, 0.5) is 0 Å². The van der Waals surface area contributed by atoms with Gasteiger partial charge in [0.1, 0.15) is 9.84 Å².